The van der Waals surface area contributed by atoms with Crippen LogP contribution in [0.2, 0.25) is 0 Å². The van der Waals surface area contributed by atoms with Crippen molar-refractivity contribution in [2.75, 3.05) is 51.3 Å². The van der Waals surface area contributed by atoms with E-state index < -0.39 is 29.8 Å². The number of carbonyl (C=O) groups is 2. The number of hydrogen-bond donors (Lipinski definition) is 2. The Morgan fingerprint density at radius 2 is 1.76 bits per heavy atom. The van der Waals surface area contributed by atoms with E-state index in [9.17, 15) is 32.3 Å². The molecule has 0 saturated carbocycles. The van der Waals surface area contributed by atoms with E-state index in [0.717, 1.165) is 18.3 Å². The van der Waals surface area contributed by atoms with Gasteiger partial charge in [-0.15, -0.1) is 5.10 Å². The van der Waals surface area contributed by atoms with E-state index in [4.69, 9.17) is 4.74 Å². The first kappa shape index (κ1) is 36.5. The topological polar surface area (TPSA) is 133 Å². The number of nitrogens with one attached hydrogen (secondary N) is 1. The van der Waals surface area contributed by atoms with Crippen LogP contribution in [0.15, 0.2) is 67.1 Å². The molecule has 2 aliphatic heterocycles. The Morgan fingerprint density at radius 3 is 2.44 bits per heavy atom. The largest absolute Gasteiger partial charge is 0.493 e. The van der Waals surface area contributed by atoms with Gasteiger partial charge in [-0.3, -0.25) is 14.3 Å². The lowest BCUT2D eigenvalue weighted by atomic mass is 9.92. The summed E-state index contributed by atoms with van der Waals surface area (Å²) in [5.74, 6) is -1.05. The van der Waals surface area contributed by atoms with Crippen LogP contribution in [-0.2, 0) is 11.3 Å². The average molecular weight is 751 g/mol. The summed E-state index contributed by atoms with van der Waals surface area (Å²) in [7, 11) is 1.41. The number of aliphatic hydroxyl groups excluding tert-OH is 1. The van der Waals surface area contributed by atoms with E-state index >= 15 is 4.39 Å². The maximum absolute atomic E-state index is 16.6. The van der Waals surface area contributed by atoms with Gasteiger partial charge in [-0.1, -0.05) is 35.6 Å². The van der Waals surface area contributed by atoms with Gasteiger partial charge < -0.3 is 29.5 Å². The van der Waals surface area contributed by atoms with E-state index in [0.29, 0.717) is 60.5 Å². The number of piperazine rings is 1. The van der Waals surface area contributed by atoms with Crippen LogP contribution in [0.25, 0.3) is 27.6 Å². The number of amides is 2. The standard InChI is InChI=1S/C37H35F5N8O4/c1-54-30-17-25(38)20-43-35(30)47-13-15-48(16-14-47)36(53)29-19-28-26(22-4-6-23(7-5-22)34(52)37(40,41)42)18-27(32(39)33(28)45-29)24-3-2-10-49(21-24)31(51)8-11-50-12-9-44-46-50/h3-7,9,12,17-20,34,45,52H,2,8,10-11,13-16,21H2,1H3. The van der Waals surface area contributed by atoms with Gasteiger partial charge >= 0.3 is 6.18 Å². The third kappa shape index (κ3) is 7.35. The number of carbonyl (C=O) groups excluding carboxylic acids is 2. The van der Waals surface area contributed by atoms with Gasteiger partial charge in [-0.25, -0.2) is 13.8 Å². The summed E-state index contributed by atoms with van der Waals surface area (Å²) in [5.41, 5.74) is 1.30. The maximum Gasteiger partial charge on any atom is 0.418 e. The van der Waals surface area contributed by atoms with E-state index in [1.807, 2.05) is 11.0 Å². The Kier molecular flexibility index (Phi) is 10.1. The molecule has 12 nitrogen and oxygen atoms in total. The van der Waals surface area contributed by atoms with Crippen LogP contribution in [0, 0.1) is 11.6 Å². The Morgan fingerprint density at radius 1 is 1.00 bits per heavy atom. The monoisotopic (exact) mass is 750 g/mol. The molecule has 2 aliphatic rings. The molecule has 5 heterocycles. The fourth-order valence-corrected chi connectivity index (χ4v) is 6.85. The highest BCUT2D eigenvalue weighted by Crippen LogP contribution is 2.39. The third-order valence-corrected chi connectivity index (χ3v) is 9.69. The van der Waals surface area contributed by atoms with Crippen molar-refractivity contribution in [1.29, 1.82) is 0 Å². The zero-order valence-electron chi connectivity index (χ0n) is 29.0. The number of aryl methyl sites for hydroxylation is 1. The number of methoxy groups -OCH3 is 1. The SMILES string of the molecule is COc1cc(F)cnc1N1CCN(C(=O)c2cc3c(-c4ccc(C(O)C(F)(F)F)cc4)cc(C4=CCCN(C(=O)CCn5ccnn5)C4)c(F)c3[nH]2)CC1. The Bertz CT molecular complexity index is 2200. The summed E-state index contributed by atoms with van der Waals surface area (Å²) in [6.45, 7) is 2.13. The van der Waals surface area contributed by atoms with Crippen molar-refractivity contribution in [2.45, 2.75) is 31.7 Å². The second-order valence-corrected chi connectivity index (χ2v) is 13.0. The average Bonchev–Trinajstić information content (AvgIpc) is 3.88. The van der Waals surface area contributed by atoms with Crippen LogP contribution in [0.4, 0.5) is 27.8 Å². The number of H-pyrrole nitrogens is 1. The first-order valence-electron chi connectivity index (χ1n) is 17.2. The summed E-state index contributed by atoms with van der Waals surface area (Å²) < 4.78 is 77.0. The zero-order chi connectivity index (χ0) is 38.1. The quantitative estimate of drug-likeness (QED) is 0.192. The van der Waals surface area contributed by atoms with Gasteiger partial charge in [0.2, 0.25) is 5.91 Å². The number of ether oxygens (including phenoxy) is 1. The van der Waals surface area contributed by atoms with E-state index in [2.05, 4.69) is 20.3 Å². The molecule has 17 heteroatoms. The van der Waals surface area contributed by atoms with Gasteiger partial charge in [-0.05, 0) is 40.8 Å². The molecule has 5 aromatic rings. The van der Waals surface area contributed by atoms with Crippen LogP contribution in [0.5, 0.6) is 5.75 Å². The predicted octanol–water partition coefficient (Wildman–Crippen LogP) is 5.37. The molecule has 7 rings (SSSR count). The molecule has 54 heavy (non-hydrogen) atoms. The third-order valence-electron chi connectivity index (χ3n) is 9.69. The number of anilines is 1. The first-order chi connectivity index (χ1) is 25.9. The molecule has 282 valence electrons. The molecular weight excluding hydrogens is 715 g/mol. The molecule has 0 aliphatic carbocycles. The smallest absolute Gasteiger partial charge is 0.418 e. The summed E-state index contributed by atoms with van der Waals surface area (Å²) in [6.07, 6.45) is -0.844. The number of nitrogens with zero attached hydrogens (tertiary/aromatic N) is 7. The molecule has 1 atom stereocenters. The minimum Gasteiger partial charge on any atom is -0.493 e. The summed E-state index contributed by atoms with van der Waals surface area (Å²) in [5, 5.41) is 17.8. The first-order valence-corrected chi connectivity index (χ1v) is 17.2. The normalized spacial score (nSPS) is 15.8. The highest BCUT2D eigenvalue weighted by atomic mass is 19.4. The van der Waals surface area contributed by atoms with E-state index in [1.54, 1.807) is 26.7 Å². The number of hydrogen-bond acceptors (Lipinski definition) is 8. The second kappa shape index (κ2) is 14.9. The van der Waals surface area contributed by atoms with Crippen LogP contribution < -0.4 is 9.64 Å². The molecule has 3 aromatic heterocycles. The molecule has 2 N–H and O–H groups in total. The molecule has 1 saturated heterocycles. The van der Waals surface area contributed by atoms with Crippen molar-refractivity contribution >= 4 is 34.1 Å². The Hall–Kier alpha value is -5.84. The van der Waals surface area contributed by atoms with Crippen molar-refractivity contribution in [3.05, 3.63) is 95.6 Å². The number of benzene rings is 2. The molecule has 0 spiro atoms. The van der Waals surface area contributed by atoms with Crippen LogP contribution in [0.3, 0.4) is 0 Å². The molecule has 0 bridgehead atoms. The highest BCUT2D eigenvalue weighted by Gasteiger charge is 2.39. The summed E-state index contributed by atoms with van der Waals surface area (Å²) in [6, 6.07) is 9.44. The zero-order valence-corrected chi connectivity index (χ0v) is 29.0. The van der Waals surface area contributed by atoms with Gasteiger partial charge in [-0.2, -0.15) is 13.2 Å². The maximum atomic E-state index is 16.6. The van der Waals surface area contributed by atoms with Crippen LogP contribution in [-0.4, -0.2) is 104 Å². The number of halogens is 5. The molecule has 1 unspecified atom stereocenters. The number of rotatable bonds is 9. The predicted molar refractivity (Wildman–Crippen MR) is 187 cm³/mol. The lowest BCUT2D eigenvalue weighted by Gasteiger charge is -2.35. The number of aromatic nitrogens is 5. The fourth-order valence-electron chi connectivity index (χ4n) is 6.85. The summed E-state index contributed by atoms with van der Waals surface area (Å²) >= 11 is 0. The van der Waals surface area contributed by atoms with Crippen molar-refractivity contribution < 1.29 is 41.4 Å². The van der Waals surface area contributed by atoms with E-state index in [1.165, 1.54) is 37.6 Å². The number of fused-ring (bicyclic) bond motifs is 1. The number of aromatic amines is 1. The van der Waals surface area contributed by atoms with Crippen molar-refractivity contribution in [3.63, 3.8) is 0 Å². The minimum absolute atomic E-state index is 0.0136. The molecule has 2 aromatic carbocycles. The van der Waals surface area contributed by atoms with Crippen molar-refractivity contribution in [3.8, 4) is 16.9 Å². The van der Waals surface area contributed by atoms with E-state index in [-0.39, 0.29) is 60.0 Å². The number of pyridine rings is 1. The lowest BCUT2D eigenvalue weighted by Crippen LogP contribution is -2.49. The highest BCUT2D eigenvalue weighted by molar-refractivity contribution is 6.04. The second-order valence-electron chi connectivity index (χ2n) is 13.0. The summed E-state index contributed by atoms with van der Waals surface area (Å²) in [4.78, 5) is 39.2. The van der Waals surface area contributed by atoms with Gasteiger partial charge in [0, 0.05) is 68.9 Å². The van der Waals surface area contributed by atoms with Gasteiger partial charge in [0.1, 0.15) is 11.5 Å². The van der Waals surface area contributed by atoms with Crippen LogP contribution >= 0.6 is 0 Å². The molecule has 2 amide bonds. The van der Waals surface area contributed by atoms with Crippen molar-refractivity contribution in [2.24, 2.45) is 0 Å². The minimum atomic E-state index is -4.87. The molecule has 0 radical (unpaired) electrons. The fraction of sp³-hybridized carbons (Fsp3) is 0.324. The van der Waals surface area contributed by atoms with Gasteiger partial charge in [0.05, 0.1) is 31.6 Å². The number of alkyl halides is 3. The van der Waals surface area contributed by atoms with Crippen molar-refractivity contribution in [1.82, 2.24) is 34.8 Å². The molecular formula is C37H35F5N8O4. The molecule has 1 fully saturated rings. The number of aliphatic hydroxyl groups is 1. The van der Waals surface area contributed by atoms with Crippen LogP contribution in [0.1, 0.15) is 40.6 Å². The van der Waals surface area contributed by atoms with Gasteiger partial charge in [0.25, 0.3) is 5.91 Å². The van der Waals surface area contributed by atoms with Gasteiger partial charge in [0.15, 0.2) is 23.5 Å². The Labute approximate surface area is 305 Å². The lowest BCUT2D eigenvalue weighted by molar-refractivity contribution is -0.206. The Balaban J connectivity index is 1.19.